The van der Waals surface area contributed by atoms with Crippen molar-refractivity contribution in [2.75, 3.05) is 0 Å². The van der Waals surface area contributed by atoms with Crippen molar-refractivity contribution in [1.82, 2.24) is 0 Å². The van der Waals surface area contributed by atoms with E-state index < -0.39 is 33.9 Å². The fraction of sp³-hybridized carbons (Fsp3) is 0.519. The minimum absolute atomic E-state index is 0.0157. The zero-order valence-corrected chi connectivity index (χ0v) is 19.7. The molecule has 0 bridgehead atoms. The summed E-state index contributed by atoms with van der Waals surface area (Å²) in [6.45, 7) is 14.7. The van der Waals surface area contributed by atoms with Crippen LogP contribution >= 0.6 is 0 Å². The topological polar surface area (TPSA) is 57.5 Å². The number of benzene rings is 2. The molecule has 0 amide bonds. The van der Waals surface area contributed by atoms with Crippen LogP contribution < -0.4 is 0 Å². The van der Waals surface area contributed by atoms with Crippen LogP contribution in [0, 0.1) is 10.8 Å². The van der Waals surface area contributed by atoms with E-state index in [-0.39, 0.29) is 5.78 Å². The molecule has 0 heterocycles. The third-order valence-corrected chi connectivity index (χ3v) is 6.29. The molecule has 164 valence electrons. The predicted octanol–water partition coefficient (Wildman–Crippen LogP) is 5.72. The third-order valence-electron chi connectivity index (χ3n) is 6.29. The van der Waals surface area contributed by atoms with Crippen LogP contribution in [0.2, 0.25) is 0 Å². The van der Waals surface area contributed by atoms with Gasteiger partial charge in [-0.15, -0.1) is 0 Å². The minimum Gasteiger partial charge on any atom is -0.390 e. The van der Waals surface area contributed by atoms with Gasteiger partial charge in [0.15, 0.2) is 0 Å². The predicted molar refractivity (Wildman–Crippen MR) is 124 cm³/mol. The maximum atomic E-state index is 14.2. The van der Waals surface area contributed by atoms with E-state index in [4.69, 9.17) is 0 Å². The van der Waals surface area contributed by atoms with Crippen molar-refractivity contribution in [1.29, 1.82) is 0 Å². The number of hydrogen-bond donors (Lipinski definition) is 2. The summed E-state index contributed by atoms with van der Waals surface area (Å²) < 4.78 is 0. The Morgan fingerprint density at radius 2 is 0.867 bits per heavy atom. The number of ketones is 1. The SMILES string of the molecule is CC(C)(O)C(c1ccccc1)C(C)(C)C(=O)C(C)(C)C(c1ccccc1)C(C)(C)O. The number of hydrogen-bond acceptors (Lipinski definition) is 3. The Hall–Kier alpha value is -1.97. The molecule has 2 atom stereocenters. The van der Waals surface area contributed by atoms with Crippen molar-refractivity contribution in [2.45, 2.75) is 78.4 Å². The lowest BCUT2D eigenvalue weighted by Gasteiger charge is -2.48. The van der Waals surface area contributed by atoms with Crippen LogP contribution in [-0.2, 0) is 4.79 Å². The summed E-state index contributed by atoms with van der Waals surface area (Å²) in [7, 11) is 0. The normalized spacial score (nSPS) is 15.5. The van der Waals surface area contributed by atoms with E-state index in [0.29, 0.717) is 0 Å². The molecule has 30 heavy (non-hydrogen) atoms. The average molecular weight is 411 g/mol. The lowest BCUT2D eigenvalue weighted by Crippen LogP contribution is -2.52. The first-order chi connectivity index (χ1) is 13.6. The third kappa shape index (κ3) is 4.84. The summed E-state index contributed by atoms with van der Waals surface area (Å²) in [5.41, 5.74) is -2.10. The molecule has 0 saturated heterocycles. The monoisotopic (exact) mass is 410 g/mol. The lowest BCUT2D eigenvalue weighted by molar-refractivity contribution is -0.146. The Bertz CT molecular complexity index is 766. The smallest absolute Gasteiger partial charge is 0.145 e. The summed E-state index contributed by atoms with van der Waals surface area (Å²) in [6, 6.07) is 19.5. The zero-order valence-electron chi connectivity index (χ0n) is 19.7. The van der Waals surface area contributed by atoms with E-state index in [1.807, 2.05) is 88.4 Å². The van der Waals surface area contributed by atoms with Crippen molar-refractivity contribution in [3.63, 3.8) is 0 Å². The van der Waals surface area contributed by atoms with E-state index in [0.717, 1.165) is 11.1 Å². The summed E-state index contributed by atoms with van der Waals surface area (Å²) in [4.78, 5) is 14.2. The first-order valence-electron chi connectivity index (χ1n) is 10.7. The summed E-state index contributed by atoms with van der Waals surface area (Å²) >= 11 is 0. The van der Waals surface area contributed by atoms with Gasteiger partial charge in [-0.25, -0.2) is 0 Å². The summed E-state index contributed by atoms with van der Waals surface area (Å²) in [5.74, 6) is -0.797. The molecule has 3 nitrogen and oxygen atoms in total. The molecule has 2 aromatic rings. The number of Topliss-reactive ketones (excluding diaryl/α,β-unsaturated/α-hetero) is 1. The van der Waals surface area contributed by atoms with Gasteiger partial charge in [0.2, 0.25) is 0 Å². The van der Waals surface area contributed by atoms with Gasteiger partial charge in [0.1, 0.15) is 5.78 Å². The van der Waals surface area contributed by atoms with Gasteiger partial charge in [0, 0.05) is 22.7 Å². The Morgan fingerprint density at radius 1 is 0.600 bits per heavy atom. The Balaban J connectivity index is 2.60. The maximum Gasteiger partial charge on any atom is 0.145 e. The van der Waals surface area contributed by atoms with E-state index in [1.54, 1.807) is 27.7 Å². The molecule has 2 unspecified atom stereocenters. The molecular formula is C27H38O3. The van der Waals surface area contributed by atoms with Crippen LogP contribution in [0.25, 0.3) is 0 Å². The maximum absolute atomic E-state index is 14.2. The molecule has 0 fully saturated rings. The summed E-state index contributed by atoms with van der Waals surface area (Å²) in [5, 5.41) is 22.2. The first kappa shape index (κ1) is 24.3. The standard InChI is InChI=1S/C27H38O3/c1-24(2,21(26(5,6)29)19-15-11-9-12-16-19)23(28)25(3,4)22(27(7,8)30)20-17-13-10-14-18-20/h9-18,21-22,29-30H,1-8H3. The highest BCUT2D eigenvalue weighted by atomic mass is 16.3. The highest BCUT2D eigenvalue weighted by Crippen LogP contribution is 2.52. The Morgan fingerprint density at radius 3 is 1.10 bits per heavy atom. The largest absolute Gasteiger partial charge is 0.390 e. The molecule has 0 saturated carbocycles. The van der Waals surface area contributed by atoms with Gasteiger partial charge < -0.3 is 10.2 Å². The second-order valence-corrected chi connectivity index (χ2v) is 10.8. The molecule has 0 spiro atoms. The van der Waals surface area contributed by atoms with Crippen molar-refractivity contribution in [3.05, 3.63) is 71.8 Å². The van der Waals surface area contributed by atoms with Gasteiger partial charge in [-0.05, 0) is 38.8 Å². The summed E-state index contributed by atoms with van der Waals surface area (Å²) in [6.07, 6.45) is 0. The second kappa shape index (κ2) is 8.28. The fourth-order valence-corrected chi connectivity index (χ4v) is 5.80. The van der Waals surface area contributed by atoms with Gasteiger partial charge in [0.25, 0.3) is 0 Å². The number of carbonyl (C=O) groups is 1. The van der Waals surface area contributed by atoms with Crippen LogP contribution in [0.5, 0.6) is 0 Å². The van der Waals surface area contributed by atoms with Crippen molar-refractivity contribution >= 4 is 5.78 Å². The molecule has 0 radical (unpaired) electrons. The van der Waals surface area contributed by atoms with Crippen LogP contribution in [0.1, 0.15) is 78.4 Å². The highest BCUT2D eigenvalue weighted by Gasteiger charge is 2.54. The van der Waals surface area contributed by atoms with Gasteiger partial charge in [-0.2, -0.15) is 0 Å². The molecule has 3 heteroatoms. The van der Waals surface area contributed by atoms with E-state index in [9.17, 15) is 15.0 Å². The van der Waals surface area contributed by atoms with Crippen molar-refractivity contribution in [2.24, 2.45) is 10.8 Å². The Kier molecular flexibility index (Phi) is 6.71. The highest BCUT2D eigenvalue weighted by molar-refractivity contribution is 5.91. The van der Waals surface area contributed by atoms with E-state index in [1.165, 1.54) is 0 Å². The van der Waals surface area contributed by atoms with Crippen molar-refractivity contribution in [3.8, 4) is 0 Å². The van der Waals surface area contributed by atoms with Crippen molar-refractivity contribution < 1.29 is 15.0 Å². The molecule has 2 N–H and O–H groups in total. The van der Waals surface area contributed by atoms with Crippen LogP contribution in [0.15, 0.2) is 60.7 Å². The quantitative estimate of drug-likeness (QED) is 0.585. The van der Waals surface area contributed by atoms with Crippen LogP contribution in [-0.4, -0.2) is 27.2 Å². The van der Waals surface area contributed by atoms with Gasteiger partial charge in [0.05, 0.1) is 11.2 Å². The molecule has 0 aromatic heterocycles. The van der Waals surface area contributed by atoms with Crippen LogP contribution in [0.4, 0.5) is 0 Å². The fourth-order valence-electron chi connectivity index (χ4n) is 5.80. The first-order valence-corrected chi connectivity index (χ1v) is 10.7. The van der Waals surface area contributed by atoms with Crippen LogP contribution in [0.3, 0.4) is 0 Å². The van der Waals surface area contributed by atoms with Gasteiger partial charge >= 0.3 is 0 Å². The Labute approximate surface area is 182 Å². The zero-order chi connectivity index (χ0) is 23.0. The number of rotatable bonds is 8. The molecular weight excluding hydrogens is 372 g/mol. The number of aliphatic hydroxyl groups is 2. The molecule has 0 aliphatic carbocycles. The minimum atomic E-state index is -1.10. The molecule has 0 aliphatic heterocycles. The second-order valence-electron chi connectivity index (χ2n) is 10.8. The average Bonchev–Trinajstić information content (AvgIpc) is 2.60. The van der Waals surface area contributed by atoms with E-state index >= 15 is 0 Å². The lowest BCUT2D eigenvalue weighted by atomic mass is 9.55. The number of carbonyl (C=O) groups excluding carboxylic acids is 1. The van der Waals surface area contributed by atoms with Gasteiger partial charge in [-0.3, -0.25) is 4.79 Å². The molecule has 0 aliphatic rings. The van der Waals surface area contributed by atoms with E-state index in [2.05, 4.69) is 0 Å². The molecule has 2 aromatic carbocycles. The molecule has 2 rings (SSSR count). The van der Waals surface area contributed by atoms with Gasteiger partial charge in [-0.1, -0.05) is 88.4 Å².